The van der Waals surface area contributed by atoms with Crippen LogP contribution in [0.3, 0.4) is 0 Å². The zero-order chi connectivity index (χ0) is 11.8. The molecule has 1 N–H and O–H groups in total. The molecule has 0 atom stereocenters. The van der Waals surface area contributed by atoms with E-state index < -0.39 is 0 Å². The summed E-state index contributed by atoms with van der Waals surface area (Å²) in [6.07, 6.45) is 3.78. The van der Waals surface area contributed by atoms with Crippen LogP contribution in [0, 0.1) is 0 Å². The molecule has 17 heavy (non-hydrogen) atoms. The molecule has 1 fully saturated rings. The number of thiazole rings is 1. The van der Waals surface area contributed by atoms with Gasteiger partial charge in [0.1, 0.15) is 0 Å². The molecule has 2 aromatic heterocycles. The van der Waals surface area contributed by atoms with Crippen LogP contribution < -0.4 is 5.32 Å². The average Bonchev–Trinajstić information content (AvgIpc) is 2.90. The predicted octanol–water partition coefficient (Wildman–Crippen LogP) is 3.52. The molecule has 1 amide bonds. The van der Waals surface area contributed by atoms with Crippen LogP contribution in [0.4, 0.5) is 5.13 Å². The van der Waals surface area contributed by atoms with Crippen LogP contribution in [0.2, 0.25) is 5.22 Å². The highest BCUT2D eigenvalue weighted by atomic mass is 35.5. The Morgan fingerprint density at radius 1 is 1.59 bits per heavy atom. The minimum absolute atomic E-state index is 0.0986. The summed E-state index contributed by atoms with van der Waals surface area (Å²) in [4.78, 5) is 16.2. The monoisotopic (exact) mass is 268 g/mol. The van der Waals surface area contributed by atoms with E-state index in [-0.39, 0.29) is 11.1 Å². The Bertz CT molecular complexity index is 559. The zero-order valence-electron chi connectivity index (χ0n) is 8.77. The summed E-state index contributed by atoms with van der Waals surface area (Å²) in [6, 6.07) is 1.53. The number of nitrogens with one attached hydrogen (secondary N) is 1. The van der Waals surface area contributed by atoms with E-state index in [1.54, 1.807) is 0 Å². The van der Waals surface area contributed by atoms with Crippen molar-refractivity contribution in [2.75, 3.05) is 5.32 Å². The fourth-order valence-corrected chi connectivity index (χ4v) is 2.52. The fraction of sp³-hybridized carbons (Fsp3) is 0.273. The molecule has 0 spiro atoms. The lowest BCUT2D eigenvalue weighted by Crippen LogP contribution is -2.11. The van der Waals surface area contributed by atoms with E-state index in [9.17, 15) is 4.79 Å². The summed E-state index contributed by atoms with van der Waals surface area (Å²) in [5, 5.41) is 5.41. The van der Waals surface area contributed by atoms with Crippen molar-refractivity contribution in [3.63, 3.8) is 0 Å². The third-order valence-electron chi connectivity index (χ3n) is 2.60. The topological polar surface area (TPSA) is 55.1 Å². The molecule has 6 heteroatoms. The summed E-state index contributed by atoms with van der Waals surface area (Å²) in [7, 11) is 0. The molecule has 1 aliphatic rings. The number of carbonyl (C=O) groups is 1. The van der Waals surface area contributed by atoms with Crippen molar-refractivity contribution in [3.05, 3.63) is 34.2 Å². The van der Waals surface area contributed by atoms with Crippen molar-refractivity contribution in [1.82, 2.24) is 4.98 Å². The average molecular weight is 269 g/mol. The second kappa shape index (κ2) is 4.16. The van der Waals surface area contributed by atoms with Gasteiger partial charge in [-0.25, -0.2) is 4.98 Å². The van der Waals surface area contributed by atoms with Crippen molar-refractivity contribution in [2.24, 2.45) is 0 Å². The normalized spacial score (nSPS) is 14.9. The van der Waals surface area contributed by atoms with Crippen LogP contribution in [-0.2, 0) is 0 Å². The Labute approximate surface area is 107 Å². The maximum absolute atomic E-state index is 11.8. The first kappa shape index (κ1) is 10.8. The first-order valence-electron chi connectivity index (χ1n) is 5.24. The van der Waals surface area contributed by atoms with Crippen molar-refractivity contribution in [3.8, 4) is 0 Å². The summed E-state index contributed by atoms with van der Waals surface area (Å²) in [6.45, 7) is 0. The van der Waals surface area contributed by atoms with Crippen LogP contribution in [0.1, 0.15) is 34.8 Å². The SMILES string of the molecule is O=C(Nc1nc(C2CC2)cs1)c1ccoc1Cl. The minimum Gasteiger partial charge on any atom is -0.452 e. The molecule has 0 saturated heterocycles. The van der Waals surface area contributed by atoms with E-state index >= 15 is 0 Å². The molecular formula is C11H9ClN2O2S. The van der Waals surface area contributed by atoms with Crippen molar-refractivity contribution < 1.29 is 9.21 Å². The molecule has 2 heterocycles. The summed E-state index contributed by atoms with van der Waals surface area (Å²) in [5.41, 5.74) is 1.40. The van der Waals surface area contributed by atoms with Crippen LogP contribution in [0.15, 0.2) is 22.1 Å². The van der Waals surface area contributed by atoms with E-state index in [0.717, 1.165) is 5.69 Å². The number of furan rings is 1. The number of rotatable bonds is 3. The number of halogens is 1. The van der Waals surface area contributed by atoms with Gasteiger partial charge in [-0.15, -0.1) is 11.3 Å². The largest absolute Gasteiger partial charge is 0.452 e. The highest BCUT2D eigenvalue weighted by Crippen LogP contribution is 2.40. The first-order valence-corrected chi connectivity index (χ1v) is 6.49. The van der Waals surface area contributed by atoms with Gasteiger partial charge in [0.15, 0.2) is 5.13 Å². The van der Waals surface area contributed by atoms with E-state index in [1.807, 2.05) is 5.38 Å². The number of anilines is 1. The van der Waals surface area contributed by atoms with Crippen LogP contribution in [0.5, 0.6) is 0 Å². The molecule has 3 rings (SSSR count). The Morgan fingerprint density at radius 3 is 3.06 bits per heavy atom. The van der Waals surface area contributed by atoms with Gasteiger partial charge in [-0.05, 0) is 30.5 Å². The lowest BCUT2D eigenvalue weighted by molar-refractivity contribution is 0.102. The van der Waals surface area contributed by atoms with Gasteiger partial charge in [-0.1, -0.05) is 0 Å². The molecule has 0 unspecified atom stereocenters. The maximum Gasteiger partial charge on any atom is 0.262 e. The van der Waals surface area contributed by atoms with E-state index in [0.29, 0.717) is 16.6 Å². The molecular weight excluding hydrogens is 260 g/mol. The number of aromatic nitrogens is 1. The number of hydrogen-bond donors (Lipinski definition) is 1. The predicted molar refractivity (Wildman–Crippen MR) is 65.8 cm³/mol. The smallest absolute Gasteiger partial charge is 0.262 e. The third kappa shape index (κ3) is 2.21. The van der Waals surface area contributed by atoms with Crippen LogP contribution in [0.25, 0.3) is 0 Å². The summed E-state index contributed by atoms with van der Waals surface area (Å²) >= 11 is 7.15. The lowest BCUT2D eigenvalue weighted by Gasteiger charge is -1.98. The van der Waals surface area contributed by atoms with Gasteiger partial charge in [0, 0.05) is 11.3 Å². The van der Waals surface area contributed by atoms with Crippen LogP contribution >= 0.6 is 22.9 Å². The number of carbonyl (C=O) groups excluding carboxylic acids is 1. The Kier molecular flexibility index (Phi) is 2.64. The van der Waals surface area contributed by atoms with Crippen LogP contribution in [-0.4, -0.2) is 10.9 Å². The maximum atomic E-state index is 11.8. The van der Waals surface area contributed by atoms with Crippen molar-refractivity contribution in [1.29, 1.82) is 0 Å². The standard InChI is InChI=1S/C11H9ClN2O2S/c12-9-7(3-4-16-9)10(15)14-11-13-8(5-17-11)6-1-2-6/h3-6H,1-2H2,(H,13,14,15). The molecule has 1 aliphatic carbocycles. The lowest BCUT2D eigenvalue weighted by atomic mass is 10.3. The molecule has 88 valence electrons. The van der Waals surface area contributed by atoms with Gasteiger partial charge >= 0.3 is 0 Å². The molecule has 0 aromatic carbocycles. The van der Waals surface area contributed by atoms with Gasteiger partial charge in [0.2, 0.25) is 5.22 Å². The summed E-state index contributed by atoms with van der Waals surface area (Å²) in [5.74, 6) is 0.301. The molecule has 2 aromatic rings. The van der Waals surface area contributed by atoms with Gasteiger partial charge in [-0.3, -0.25) is 10.1 Å². The second-order valence-corrected chi connectivity index (χ2v) is 5.12. The Hall–Kier alpha value is -1.33. The number of amides is 1. The second-order valence-electron chi connectivity index (χ2n) is 3.91. The van der Waals surface area contributed by atoms with Crippen molar-refractivity contribution >= 4 is 34.0 Å². The number of hydrogen-bond acceptors (Lipinski definition) is 4. The highest BCUT2D eigenvalue weighted by Gasteiger charge is 2.26. The minimum atomic E-state index is -0.291. The third-order valence-corrected chi connectivity index (χ3v) is 3.67. The van der Waals surface area contributed by atoms with Gasteiger partial charge in [-0.2, -0.15) is 0 Å². The highest BCUT2D eigenvalue weighted by molar-refractivity contribution is 7.14. The molecule has 1 saturated carbocycles. The molecule has 0 bridgehead atoms. The quantitative estimate of drug-likeness (QED) is 0.927. The number of nitrogens with zero attached hydrogens (tertiary/aromatic N) is 1. The van der Waals surface area contributed by atoms with E-state index in [1.165, 1.54) is 36.5 Å². The molecule has 0 aliphatic heterocycles. The molecule has 0 radical (unpaired) electrons. The Balaban J connectivity index is 1.73. The Morgan fingerprint density at radius 2 is 2.41 bits per heavy atom. The van der Waals surface area contributed by atoms with Gasteiger partial charge < -0.3 is 4.42 Å². The zero-order valence-corrected chi connectivity index (χ0v) is 10.3. The molecule has 4 nitrogen and oxygen atoms in total. The van der Waals surface area contributed by atoms with Crippen molar-refractivity contribution in [2.45, 2.75) is 18.8 Å². The van der Waals surface area contributed by atoms with E-state index in [4.69, 9.17) is 16.0 Å². The fourth-order valence-electron chi connectivity index (χ4n) is 1.53. The first-order chi connectivity index (χ1) is 8.24. The van der Waals surface area contributed by atoms with E-state index in [2.05, 4.69) is 10.3 Å². The summed E-state index contributed by atoms with van der Waals surface area (Å²) < 4.78 is 4.86. The van der Waals surface area contributed by atoms with Gasteiger partial charge in [0.25, 0.3) is 5.91 Å². The van der Waals surface area contributed by atoms with Gasteiger partial charge in [0.05, 0.1) is 17.5 Å².